The molecular formula is C24H44O6. The molecule has 3 atom stereocenters. The van der Waals surface area contributed by atoms with Gasteiger partial charge in [-0.05, 0) is 38.5 Å². The van der Waals surface area contributed by atoms with Crippen LogP contribution in [-0.4, -0.2) is 37.2 Å². The number of hydrogen-bond donors (Lipinski definition) is 0. The normalized spacial score (nSPS) is 15.0. The monoisotopic (exact) mass is 428 g/mol. The summed E-state index contributed by atoms with van der Waals surface area (Å²) in [5.41, 5.74) is 0. The molecule has 0 saturated heterocycles. The quantitative estimate of drug-likeness (QED) is 0.226. The molecule has 30 heavy (non-hydrogen) atoms. The molecule has 0 saturated carbocycles. The summed E-state index contributed by atoms with van der Waals surface area (Å²) in [5.74, 6) is -1.42. The fraction of sp³-hybridized carbons (Fsp3) is 0.875. The smallest absolute Gasteiger partial charge is 0.309 e. The van der Waals surface area contributed by atoms with Crippen LogP contribution < -0.4 is 0 Å². The van der Waals surface area contributed by atoms with Crippen molar-refractivity contribution < 1.29 is 28.6 Å². The van der Waals surface area contributed by atoms with Crippen LogP contribution >= 0.6 is 0 Å². The molecule has 0 spiro atoms. The largest absolute Gasteiger partial charge is 0.461 e. The van der Waals surface area contributed by atoms with Crippen LogP contribution in [0.25, 0.3) is 0 Å². The van der Waals surface area contributed by atoms with E-state index in [2.05, 4.69) is 0 Å². The van der Waals surface area contributed by atoms with Crippen molar-refractivity contribution in [1.29, 1.82) is 0 Å². The van der Waals surface area contributed by atoms with Crippen molar-refractivity contribution in [2.45, 2.75) is 105 Å². The molecule has 0 heterocycles. The highest BCUT2D eigenvalue weighted by Crippen LogP contribution is 2.17. The molecule has 0 aliphatic heterocycles. The third-order valence-corrected chi connectivity index (χ3v) is 5.50. The van der Waals surface area contributed by atoms with E-state index in [1.165, 1.54) is 0 Å². The van der Waals surface area contributed by atoms with E-state index in [0.717, 1.165) is 38.5 Å². The fourth-order valence-corrected chi connectivity index (χ4v) is 3.47. The van der Waals surface area contributed by atoms with Gasteiger partial charge in [-0.25, -0.2) is 0 Å². The third kappa shape index (κ3) is 11.0. The minimum absolute atomic E-state index is 0.0921. The summed E-state index contributed by atoms with van der Waals surface area (Å²) in [6, 6.07) is 0. The fourth-order valence-electron chi connectivity index (χ4n) is 3.47. The zero-order valence-electron chi connectivity index (χ0n) is 20.0. The first-order chi connectivity index (χ1) is 14.4. The van der Waals surface area contributed by atoms with Crippen LogP contribution in [0.5, 0.6) is 0 Å². The zero-order chi connectivity index (χ0) is 22.9. The molecular weight excluding hydrogens is 384 g/mol. The Morgan fingerprint density at radius 3 is 1.20 bits per heavy atom. The average molecular weight is 429 g/mol. The lowest BCUT2D eigenvalue weighted by molar-refractivity contribution is -0.172. The van der Waals surface area contributed by atoms with Gasteiger partial charge in [0.1, 0.15) is 13.2 Å². The Labute approximate surface area is 183 Å². The highest BCUT2D eigenvalue weighted by Gasteiger charge is 2.26. The summed E-state index contributed by atoms with van der Waals surface area (Å²) >= 11 is 0. The predicted octanol–water partition coefficient (Wildman–Crippen LogP) is 5.46. The van der Waals surface area contributed by atoms with Crippen molar-refractivity contribution in [2.24, 2.45) is 17.8 Å². The van der Waals surface area contributed by atoms with E-state index >= 15 is 0 Å². The van der Waals surface area contributed by atoms with Crippen molar-refractivity contribution in [3.8, 4) is 0 Å². The van der Waals surface area contributed by atoms with Gasteiger partial charge in [-0.3, -0.25) is 14.4 Å². The highest BCUT2D eigenvalue weighted by molar-refractivity contribution is 5.74. The lowest BCUT2D eigenvalue weighted by Crippen LogP contribution is -2.34. The summed E-state index contributed by atoms with van der Waals surface area (Å²) in [6.07, 6.45) is 6.25. The maximum Gasteiger partial charge on any atom is 0.309 e. The van der Waals surface area contributed by atoms with Gasteiger partial charge in [-0.15, -0.1) is 0 Å². The van der Waals surface area contributed by atoms with Crippen molar-refractivity contribution in [1.82, 2.24) is 0 Å². The molecule has 0 aromatic heterocycles. The van der Waals surface area contributed by atoms with Crippen LogP contribution in [0.15, 0.2) is 0 Å². The second kappa shape index (κ2) is 17.1. The number of ether oxygens (including phenoxy) is 3. The Kier molecular flexibility index (Phi) is 16.2. The Bertz CT molecular complexity index is 460. The molecule has 0 bridgehead atoms. The Hall–Kier alpha value is -1.59. The summed E-state index contributed by atoms with van der Waals surface area (Å²) in [5, 5.41) is 0. The van der Waals surface area contributed by atoms with E-state index in [-0.39, 0.29) is 48.9 Å². The summed E-state index contributed by atoms with van der Waals surface area (Å²) in [6.45, 7) is 11.7. The first-order valence-corrected chi connectivity index (χ1v) is 11.9. The molecule has 6 nitrogen and oxygen atoms in total. The minimum atomic E-state index is -0.783. The van der Waals surface area contributed by atoms with Gasteiger partial charge >= 0.3 is 17.9 Å². The number of rotatable bonds is 17. The van der Waals surface area contributed by atoms with Crippen LogP contribution in [0, 0.1) is 17.8 Å². The summed E-state index contributed by atoms with van der Waals surface area (Å²) in [4.78, 5) is 37.3. The first-order valence-electron chi connectivity index (χ1n) is 11.9. The second-order valence-corrected chi connectivity index (χ2v) is 8.00. The molecule has 0 N–H and O–H groups in total. The predicted molar refractivity (Wildman–Crippen MR) is 118 cm³/mol. The number of carbonyl (C=O) groups is 3. The zero-order valence-corrected chi connectivity index (χ0v) is 20.0. The molecule has 0 aliphatic rings. The number of esters is 3. The van der Waals surface area contributed by atoms with Crippen molar-refractivity contribution in [3.63, 3.8) is 0 Å². The van der Waals surface area contributed by atoms with Crippen LogP contribution in [-0.2, 0) is 28.6 Å². The van der Waals surface area contributed by atoms with E-state index in [1.807, 2.05) is 41.5 Å². The van der Waals surface area contributed by atoms with E-state index in [1.54, 1.807) is 0 Å². The standard InChI is InChI=1S/C24H44O6/c1-7-13-18(10-4)22(25)28-16-21(30-24(27)20(12-6)15-9-3)17-29-23(26)19(11-5)14-8-2/h18-21H,7-17H2,1-6H3. The Morgan fingerprint density at radius 1 is 0.567 bits per heavy atom. The topological polar surface area (TPSA) is 78.9 Å². The summed E-state index contributed by atoms with van der Waals surface area (Å²) in [7, 11) is 0. The van der Waals surface area contributed by atoms with Gasteiger partial charge in [0.05, 0.1) is 17.8 Å². The van der Waals surface area contributed by atoms with Gasteiger partial charge in [-0.2, -0.15) is 0 Å². The van der Waals surface area contributed by atoms with Crippen LogP contribution in [0.1, 0.15) is 99.3 Å². The maximum atomic E-state index is 12.5. The molecule has 0 amide bonds. The van der Waals surface area contributed by atoms with E-state index < -0.39 is 6.10 Å². The van der Waals surface area contributed by atoms with E-state index in [9.17, 15) is 14.4 Å². The second-order valence-electron chi connectivity index (χ2n) is 8.00. The van der Waals surface area contributed by atoms with Crippen molar-refractivity contribution in [2.75, 3.05) is 13.2 Å². The van der Waals surface area contributed by atoms with Gasteiger partial charge in [0.25, 0.3) is 0 Å². The molecule has 176 valence electrons. The average Bonchev–Trinajstić information content (AvgIpc) is 2.75. The lowest BCUT2D eigenvalue weighted by Gasteiger charge is -2.23. The molecule has 0 aliphatic carbocycles. The van der Waals surface area contributed by atoms with Gasteiger partial charge in [0, 0.05) is 0 Å². The number of carbonyl (C=O) groups excluding carboxylic acids is 3. The minimum Gasteiger partial charge on any atom is -0.461 e. The third-order valence-electron chi connectivity index (χ3n) is 5.50. The Morgan fingerprint density at radius 2 is 0.900 bits per heavy atom. The number of hydrogen-bond acceptors (Lipinski definition) is 6. The lowest BCUT2D eigenvalue weighted by atomic mass is 10.0. The van der Waals surface area contributed by atoms with Gasteiger partial charge in [0.15, 0.2) is 6.10 Å². The van der Waals surface area contributed by atoms with E-state index in [0.29, 0.717) is 19.3 Å². The molecule has 0 aromatic rings. The molecule has 0 rings (SSSR count). The van der Waals surface area contributed by atoms with Crippen molar-refractivity contribution >= 4 is 17.9 Å². The van der Waals surface area contributed by atoms with Crippen LogP contribution in [0.2, 0.25) is 0 Å². The summed E-state index contributed by atoms with van der Waals surface area (Å²) < 4.78 is 16.5. The van der Waals surface area contributed by atoms with Crippen molar-refractivity contribution in [3.05, 3.63) is 0 Å². The Balaban J connectivity index is 5.04. The highest BCUT2D eigenvalue weighted by atomic mass is 16.6. The van der Waals surface area contributed by atoms with E-state index in [4.69, 9.17) is 14.2 Å². The first kappa shape index (κ1) is 28.4. The SMILES string of the molecule is CCCC(CC)C(=O)OCC(COC(=O)C(CC)CCC)OC(=O)C(CC)CCC. The van der Waals surface area contributed by atoms with Crippen LogP contribution in [0.3, 0.4) is 0 Å². The van der Waals surface area contributed by atoms with Gasteiger partial charge in [0.2, 0.25) is 0 Å². The molecule has 0 aromatic carbocycles. The van der Waals surface area contributed by atoms with Gasteiger partial charge < -0.3 is 14.2 Å². The molecule has 0 radical (unpaired) electrons. The molecule has 0 fully saturated rings. The molecule has 3 unspecified atom stereocenters. The van der Waals surface area contributed by atoms with Crippen LogP contribution in [0.4, 0.5) is 0 Å². The maximum absolute atomic E-state index is 12.5. The van der Waals surface area contributed by atoms with Gasteiger partial charge in [-0.1, -0.05) is 60.8 Å². The molecule has 6 heteroatoms.